The number of ether oxygens (including phenoxy) is 11. The molecule has 0 radical (unpaired) electrons. The van der Waals surface area contributed by atoms with Crippen molar-refractivity contribution in [2.75, 3.05) is 38.5 Å². The van der Waals surface area contributed by atoms with Gasteiger partial charge in [0, 0.05) is 7.11 Å². The molecular formula is C27H36Cl3NO16. The average Bonchev–Trinajstić information content (AvgIpc) is 3.59. The van der Waals surface area contributed by atoms with E-state index in [0.29, 0.717) is 0 Å². The summed E-state index contributed by atoms with van der Waals surface area (Å²) in [5.41, 5.74) is 0. The van der Waals surface area contributed by atoms with Crippen molar-refractivity contribution < 1.29 is 76.1 Å². The topological polar surface area (TPSA) is 199 Å². The Bertz CT molecular complexity index is 1190. The fraction of sp³-hybridized carbons (Fsp3) is 0.815. The first-order valence-electron chi connectivity index (χ1n) is 14.4. The molecule has 0 aromatic rings. The normalized spacial score (nSPS) is 35.3. The van der Waals surface area contributed by atoms with Crippen LogP contribution in [0.2, 0.25) is 0 Å². The van der Waals surface area contributed by atoms with E-state index >= 15 is 0 Å². The molecular weight excluding hydrogens is 701 g/mol. The van der Waals surface area contributed by atoms with Crippen LogP contribution in [0.4, 0.5) is 4.79 Å². The number of hydrogen-bond acceptors (Lipinski definition) is 16. The minimum atomic E-state index is -2.39. The first-order chi connectivity index (χ1) is 22.2. The Morgan fingerprint density at radius 1 is 0.957 bits per heavy atom. The van der Waals surface area contributed by atoms with E-state index in [-0.39, 0.29) is 0 Å². The molecule has 4 heterocycles. The number of halogens is 3. The number of alkyl halides is 3. The maximum Gasteiger partial charge on any atom is 0.407 e. The van der Waals surface area contributed by atoms with Gasteiger partial charge < -0.3 is 57.4 Å². The number of esters is 4. The van der Waals surface area contributed by atoms with Gasteiger partial charge in [-0.2, -0.15) is 0 Å². The van der Waals surface area contributed by atoms with Gasteiger partial charge in [-0.15, -0.1) is 34.8 Å². The highest BCUT2D eigenvalue weighted by Gasteiger charge is 2.64. The van der Waals surface area contributed by atoms with Gasteiger partial charge >= 0.3 is 30.0 Å². The maximum atomic E-state index is 13.7. The van der Waals surface area contributed by atoms with Crippen molar-refractivity contribution in [3.8, 4) is 0 Å². The molecule has 0 aromatic carbocycles. The first-order valence-corrected chi connectivity index (χ1v) is 16.0. The minimum Gasteiger partial charge on any atom is -0.465 e. The number of nitrogens with one attached hydrogen (secondary N) is 1. The van der Waals surface area contributed by atoms with Crippen molar-refractivity contribution in [1.82, 2.24) is 5.32 Å². The number of carbonyl (C=O) groups excluding carboxylic acids is 5. The molecule has 4 rings (SSSR count). The van der Waals surface area contributed by atoms with E-state index < -0.39 is 133 Å². The molecule has 17 nitrogen and oxygen atoms in total. The van der Waals surface area contributed by atoms with Gasteiger partial charge in [-0.1, -0.05) is 0 Å². The largest absolute Gasteiger partial charge is 0.465 e. The van der Waals surface area contributed by atoms with Gasteiger partial charge in [-0.05, 0) is 20.8 Å². The van der Waals surface area contributed by atoms with Gasteiger partial charge in [0.1, 0.15) is 54.8 Å². The maximum absolute atomic E-state index is 13.7. The highest BCUT2D eigenvalue weighted by molar-refractivity contribution is 6.27. The van der Waals surface area contributed by atoms with Crippen molar-refractivity contribution in [3.05, 3.63) is 0 Å². The van der Waals surface area contributed by atoms with E-state index in [9.17, 15) is 24.0 Å². The van der Waals surface area contributed by atoms with Crippen LogP contribution in [-0.4, -0.2) is 141 Å². The third-order valence-corrected chi connectivity index (χ3v) is 8.35. The highest BCUT2D eigenvalue weighted by atomic mass is 35.5. The smallest absolute Gasteiger partial charge is 0.407 e. The Hall–Kier alpha value is -2.22. The summed E-state index contributed by atoms with van der Waals surface area (Å²) in [6.07, 6.45) is -11.9. The summed E-state index contributed by atoms with van der Waals surface area (Å²) in [4.78, 5) is 63.2. The van der Waals surface area contributed by atoms with Crippen molar-refractivity contribution in [3.63, 3.8) is 0 Å². The minimum absolute atomic E-state index is 0.429. The Morgan fingerprint density at radius 2 is 1.60 bits per heavy atom. The number of methoxy groups -OCH3 is 2. The summed E-state index contributed by atoms with van der Waals surface area (Å²) >= 11 is 17.0. The lowest BCUT2D eigenvalue weighted by Gasteiger charge is -2.49. The Kier molecular flexibility index (Phi) is 12.4. The van der Waals surface area contributed by atoms with Crippen LogP contribution in [0.5, 0.6) is 0 Å². The van der Waals surface area contributed by atoms with Crippen molar-refractivity contribution in [1.29, 1.82) is 0 Å². The van der Waals surface area contributed by atoms with E-state index in [1.165, 1.54) is 7.11 Å². The van der Waals surface area contributed by atoms with Gasteiger partial charge in [0.25, 0.3) is 5.79 Å². The molecule has 0 aliphatic carbocycles. The number of hydrogen-bond donors (Lipinski definition) is 1. The molecule has 0 saturated carbocycles. The fourth-order valence-corrected chi connectivity index (χ4v) is 6.06. The van der Waals surface area contributed by atoms with E-state index in [0.717, 1.165) is 7.11 Å². The summed E-state index contributed by atoms with van der Waals surface area (Å²) in [6.45, 7) is 4.27. The molecule has 4 fully saturated rings. The van der Waals surface area contributed by atoms with Gasteiger partial charge in [0.2, 0.25) is 0 Å². The summed E-state index contributed by atoms with van der Waals surface area (Å²) in [5.74, 6) is -9.42. The summed E-state index contributed by atoms with van der Waals surface area (Å²) in [7, 11) is 2.50. The number of alkyl carbamates (subject to hydrolysis) is 1. The molecule has 4 aliphatic rings. The second-order valence-corrected chi connectivity index (χ2v) is 12.1. The molecule has 11 atom stereocenters. The molecule has 20 heteroatoms. The van der Waals surface area contributed by atoms with Crippen LogP contribution in [0.1, 0.15) is 27.2 Å². The molecule has 4 saturated heterocycles. The number of fused-ring (bicyclic) bond motifs is 2. The van der Waals surface area contributed by atoms with Crippen molar-refractivity contribution >= 4 is 64.8 Å². The lowest BCUT2D eigenvalue weighted by molar-refractivity contribution is -0.353. The molecule has 1 amide bonds. The van der Waals surface area contributed by atoms with Gasteiger partial charge in [-0.25, -0.2) is 9.59 Å². The van der Waals surface area contributed by atoms with Crippen LogP contribution < -0.4 is 5.32 Å². The van der Waals surface area contributed by atoms with Crippen LogP contribution in [0.15, 0.2) is 0 Å². The monoisotopic (exact) mass is 735 g/mol. The van der Waals surface area contributed by atoms with Gasteiger partial charge in [0.15, 0.2) is 24.3 Å². The van der Waals surface area contributed by atoms with Crippen LogP contribution in [0.3, 0.4) is 0 Å². The van der Waals surface area contributed by atoms with E-state index in [2.05, 4.69) is 5.32 Å². The SMILES string of the molecule is COC(=O)C1(O[C@@H]2[C@H]3OC(C)(C)O[C@H]3[C@H](OC)O[C@H]2C)C[C@@H]2OC(=O)N[C@H]2[C@H]([C@H](OC(=O)CCl)[C@@H](COC(=O)CCl)OC(=O)CCl)O1. The van der Waals surface area contributed by atoms with E-state index in [4.69, 9.17) is 86.9 Å². The van der Waals surface area contributed by atoms with Crippen LogP contribution in [0, 0.1) is 0 Å². The van der Waals surface area contributed by atoms with Gasteiger partial charge in [-0.3, -0.25) is 14.4 Å². The fourth-order valence-electron chi connectivity index (χ4n) is 5.86. The van der Waals surface area contributed by atoms with Crippen LogP contribution in [-0.2, 0) is 71.3 Å². The standard InChI is InChI=1S/C27H36Cl3NO16/c1-11-18(21-22(23(37-4)40-11)45-26(2,3)44-21)46-27(24(35)38-5)6-12-17(31-25(36)42-12)20(47-27)19(43-16(34)9-30)13(41-15(33)8-29)10-39-14(32)7-28/h11-13,17-23H,6-10H2,1-5H3,(H,31,36)/t11-,12-,13+,17+,18-,19+,20+,21+,22+,23+,27?/m0/s1. The zero-order chi connectivity index (χ0) is 34.7. The average molecular weight is 737 g/mol. The quantitative estimate of drug-likeness (QED) is 0.156. The summed E-state index contributed by atoms with van der Waals surface area (Å²) in [5, 5.41) is 2.54. The lowest BCUT2D eigenvalue weighted by atomic mass is 9.88. The molecule has 1 N–H and O–H groups in total. The van der Waals surface area contributed by atoms with Crippen molar-refractivity contribution in [2.45, 2.75) is 99.9 Å². The van der Waals surface area contributed by atoms with E-state index in [1.54, 1.807) is 20.8 Å². The molecule has 0 spiro atoms. The predicted octanol–water partition coefficient (Wildman–Crippen LogP) is 0.501. The molecule has 4 aliphatic heterocycles. The molecule has 47 heavy (non-hydrogen) atoms. The number of amides is 1. The number of carbonyl (C=O) groups is 5. The number of rotatable bonds is 13. The third-order valence-electron chi connectivity index (χ3n) is 7.69. The second kappa shape index (κ2) is 15.6. The Labute approximate surface area is 284 Å². The molecule has 0 bridgehead atoms. The van der Waals surface area contributed by atoms with Crippen LogP contribution in [0.25, 0.3) is 0 Å². The Morgan fingerprint density at radius 3 is 2.21 bits per heavy atom. The molecule has 266 valence electrons. The third kappa shape index (κ3) is 8.33. The predicted molar refractivity (Wildman–Crippen MR) is 154 cm³/mol. The van der Waals surface area contributed by atoms with Crippen molar-refractivity contribution in [2.24, 2.45) is 0 Å². The van der Waals surface area contributed by atoms with Crippen LogP contribution >= 0.6 is 34.8 Å². The summed E-state index contributed by atoms with van der Waals surface area (Å²) in [6, 6.07) is -1.14. The first kappa shape index (κ1) is 37.6. The molecule has 1 unspecified atom stereocenters. The zero-order valence-corrected chi connectivity index (χ0v) is 28.2. The molecule has 0 aromatic heterocycles. The van der Waals surface area contributed by atoms with Gasteiger partial charge in [0.05, 0.1) is 25.7 Å². The Balaban J connectivity index is 1.78. The zero-order valence-electron chi connectivity index (χ0n) is 26.0. The summed E-state index contributed by atoms with van der Waals surface area (Å²) < 4.78 is 63.0. The lowest BCUT2D eigenvalue weighted by Crippen LogP contribution is -2.68. The van der Waals surface area contributed by atoms with E-state index in [1.807, 2.05) is 0 Å². The second-order valence-electron chi connectivity index (χ2n) is 11.3. The highest BCUT2D eigenvalue weighted by Crippen LogP contribution is 2.44.